The van der Waals surface area contributed by atoms with E-state index in [4.69, 9.17) is 4.74 Å². The molecule has 1 aliphatic heterocycles. The summed E-state index contributed by atoms with van der Waals surface area (Å²) < 4.78 is 5.46. The average Bonchev–Trinajstić information content (AvgIpc) is 2.52. The average molecular weight is 175 g/mol. The number of benzene rings is 1. The highest BCUT2D eigenvalue weighted by atomic mass is 16.5. The van der Waals surface area contributed by atoms with Gasteiger partial charge in [-0.15, -0.1) is 0 Å². The molecule has 0 fully saturated rings. The van der Waals surface area contributed by atoms with Crippen LogP contribution in [0.25, 0.3) is 0 Å². The van der Waals surface area contributed by atoms with Crippen LogP contribution in [0.4, 0.5) is 0 Å². The number of nitrogens with zero attached hydrogens (tertiary/aromatic N) is 1. The first kappa shape index (κ1) is 8.30. The van der Waals surface area contributed by atoms with Crippen molar-refractivity contribution in [2.45, 2.75) is 19.9 Å². The van der Waals surface area contributed by atoms with Crippen molar-refractivity contribution < 1.29 is 4.74 Å². The lowest BCUT2D eigenvalue weighted by atomic mass is 10.1. The molecule has 2 heteroatoms. The van der Waals surface area contributed by atoms with Gasteiger partial charge >= 0.3 is 0 Å². The molecule has 0 bridgehead atoms. The van der Waals surface area contributed by atoms with Gasteiger partial charge in [0.2, 0.25) is 5.90 Å². The van der Waals surface area contributed by atoms with Crippen molar-refractivity contribution in [3.8, 4) is 0 Å². The smallest absolute Gasteiger partial charge is 0.216 e. The number of aryl methyl sites for hydroxylation is 1. The van der Waals surface area contributed by atoms with Crippen LogP contribution in [-0.2, 0) is 4.74 Å². The summed E-state index contributed by atoms with van der Waals surface area (Å²) in [5, 5.41) is 0. The van der Waals surface area contributed by atoms with E-state index >= 15 is 0 Å². The summed E-state index contributed by atoms with van der Waals surface area (Å²) in [6.45, 7) is 4.84. The van der Waals surface area contributed by atoms with E-state index < -0.39 is 0 Å². The fourth-order valence-corrected chi connectivity index (χ4v) is 1.41. The van der Waals surface area contributed by atoms with Crippen molar-refractivity contribution in [3.05, 3.63) is 35.4 Å². The fraction of sp³-hybridized carbons (Fsp3) is 0.364. The minimum Gasteiger partial charge on any atom is -0.475 e. The van der Waals surface area contributed by atoms with Gasteiger partial charge in [-0.3, -0.25) is 0 Å². The Bertz CT molecular complexity index is 344. The van der Waals surface area contributed by atoms with E-state index in [9.17, 15) is 0 Å². The second-order valence-electron chi connectivity index (χ2n) is 3.46. The minimum atomic E-state index is 0.301. The molecule has 13 heavy (non-hydrogen) atoms. The maximum absolute atomic E-state index is 5.46. The molecular formula is C11H13NO. The Morgan fingerprint density at radius 1 is 1.46 bits per heavy atom. The Balaban J connectivity index is 2.31. The summed E-state index contributed by atoms with van der Waals surface area (Å²) in [4.78, 5) is 4.39. The number of hydrogen-bond acceptors (Lipinski definition) is 2. The summed E-state index contributed by atoms with van der Waals surface area (Å²) in [6, 6.07) is 8.53. The quantitative estimate of drug-likeness (QED) is 0.641. The highest BCUT2D eigenvalue weighted by molar-refractivity contribution is 5.95. The highest BCUT2D eigenvalue weighted by Crippen LogP contribution is 2.12. The monoisotopic (exact) mass is 175 g/mol. The number of ether oxygens (including phenoxy) is 1. The summed E-state index contributed by atoms with van der Waals surface area (Å²) in [5.74, 6) is 0.788. The van der Waals surface area contributed by atoms with Gasteiger partial charge in [-0.05, 0) is 26.0 Å². The third-order valence-electron chi connectivity index (χ3n) is 2.06. The van der Waals surface area contributed by atoms with Gasteiger partial charge in [0.15, 0.2) is 0 Å². The van der Waals surface area contributed by atoms with Crippen molar-refractivity contribution in [3.63, 3.8) is 0 Å². The van der Waals surface area contributed by atoms with E-state index in [1.54, 1.807) is 0 Å². The predicted octanol–water partition coefficient (Wildman–Crippen LogP) is 2.16. The molecule has 0 saturated heterocycles. The topological polar surface area (TPSA) is 21.6 Å². The molecule has 0 aliphatic carbocycles. The van der Waals surface area contributed by atoms with Crippen molar-refractivity contribution in [1.29, 1.82) is 0 Å². The van der Waals surface area contributed by atoms with Gasteiger partial charge < -0.3 is 4.74 Å². The van der Waals surface area contributed by atoms with E-state index in [-0.39, 0.29) is 0 Å². The second-order valence-corrected chi connectivity index (χ2v) is 3.46. The summed E-state index contributed by atoms with van der Waals surface area (Å²) in [6.07, 6.45) is 0. The first-order valence-corrected chi connectivity index (χ1v) is 4.53. The zero-order chi connectivity index (χ0) is 9.26. The van der Waals surface area contributed by atoms with Crippen LogP contribution in [0, 0.1) is 6.92 Å². The van der Waals surface area contributed by atoms with E-state index in [0.29, 0.717) is 12.6 Å². The Labute approximate surface area is 78.3 Å². The molecule has 0 radical (unpaired) electrons. The normalized spacial score (nSPS) is 21.1. The van der Waals surface area contributed by atoms with Crippen LogP contribution < -0.4 is 0 Å². The molecule has 1 heterocycles. The molecule has 0 N–H and O–H groups in total. The number of hydrogen-bond donors (Lipinski definition) is 0. The summed E-state index contributed by atoms with van der Waals surface area (Å²) >= 11 is 0. The van der Waals surface area contributed by atoms with E-state index in [1.807, 2.05) is 12.1 Å². The molecule has 1 aromatic carbocycles. The van der Waals surface area contributed by atoms with Gasteiger partial charge in [0.25, 0.3) is 0 Å². The summed E-state index contributed by atoms with van der Waals surface area (Å²) in [5.41, 5.74) is 2.33. The second kappa shape index (κ2) is 3.21. The van der Waals surface area contributed by atoms with Gasteiger partial charge in [0.1, 0.15) is 6.61 Å². The maximum Gasteiger partial charge on any atom is 0.216 e. The predicted molar refractivity (Wildman–Crippen MR) is 53.1 cm³/mol. The number of rotatable bonds is 1. The van der Waals surface area contributed by atoms with Gasteiger partial charge in [0, 0.05) is 5.56 Å². The molecule has 0 aromatic heterocycles. The van der Waals surface area contributed by atoms with E-state index in [2.05, 4.69) is 31.0 Å². The maximum atomic E-state index is 5.46. The lowest BCUT2D eigenvalue weighted by molar-refractivity contribution is 0.324. The molecule has 0 unspecified atom stereocenters. The Hall–Kier alpha value is -1.31. The molecular weight excluding hydrogens is 162 g/mol. The third kappa shape index (κ3) is 1.72. The zero-order valence-electron chi connectivity index (χ0n) is 7.95. The molecule has 1 aliphatic rings. The van der Waals surface area contributed by atoms with Crippen molar-refractivity contribution in [2.24, 2.45) is 4.99 Å². The lowest BCUT2D eigenvalue weighted by Gasteiger charge is -2.01. The molecule has 1 atom stereocenters. The standard InChI is InChI=1S/C11H13NO/c1-8-4-3-5-10(6-8)11-12-9(2)7-13-11/h3-6,9H,7H2,1-2H3/t9-/m1/s1. The molecule has 0 saturated carbocycles. The van der Waals surface area contributed by atoms with Crippen LogP contribution in [-0.4, -0.2) is 18.5 Å². The lowest BCUT2D eigenvalue weighted by Crippen LogP contribution is -2.01. The van der Waals surface area contributed by atoms with Gasteiger partial charge in [-0.2, -0.15) is 0 Å². The van der Waals surface area contributed by atoms with E-state index in [0.717, 1.165) is 11.5 Å². The SMILES string of the molecule is Cc1cccc(C2=N[C@H](C)CO2)c1. The van der Waals surface area contributed by atoms with Crippen LogP contribution in [0.2, 0.25) is 0 Å². The van der Waals surface area contributed by atoms with Crippen LogP contribution >= 0.6 is 0 Å². The Morgan fingerprint density at radius 3 is 2.92 bits per heavy atom. The first-order valence-electron chi connectivity index (χ1n) is 4.53. The Morgan fingerprint density at radius 2 is 2.31 bits per heavy atom. The molecule has 2 nitrogen and oxygen atoms in total. The summed E-state index contributed by atoms with van der Waals surface area (Å²) in [7, 11) is 0. The van der Waals surface area contributed by atoms with Crippen molar-refractivity contribution in [2.75, 3.05) is 6.61 Å². The fourth-order valence-electron chi connectivity index (χ4n) is 1.41. The van der Waals surface area contributed by atoms with Gasteiger partial charge in [-0.1, -0.05) is 17.7 Å². The van der Waals surface area contributed by atoms with Gasteiger partial charge in [0.05, 0.1) is 6.04 Å². The molecule has 0 amide bonds. The highest BCUT2D eigenvalue weighted by Gasteiger charge is 2.15. The first-order chi connectivity index (χ1) is 6.25. The van der Waals surface area contributed by atoms with Crippen LogP contribution in [0.5, 0.6) is 0 Å². The third-order valence-corrected chi connectivity index (χ3v) is 2.06. The number of aliphatic imine (C=N–C) groups is 1. The van der Waals surface area contributed by atoms with Crippen LogP contribution in [0.15, 0.2) is 29.3 Å². The molecule has 1 aromatic rings. The van der Waals surface area contributed by atoms with Crippen LogP contribution in [0.3, 0.4) is 0 Å². The largest absolute Gasteiger partial charge is 0.475 e. The molecule has 2 rings (SSSR count). The molecule has 0 spiro atoms. The van der Waals surface area contributed by atoms with E-state index in [1.165, 1.54) is 5.56 Å². The van der Waals surface area contributed by atoms with Crippen molar-refractivity contribution in [1.82, 2.24) is 0 Å². The van der Waals surface area contributed by atoms with Crippen molar-refractivity contribution >= 4 is 5.90 Å². The van der Waals surface area contributed by atoms with Gasteiger partial charge in [-0.25, -0.2) is 4.99 Å². The Kier molecular flexibility index (Phi) is 2.05. The zero-order valence-corrected chi connectivity index (χ0v) is 7.95. The minimum absolute atomic E-state index is 0.301. The van der Waals surface area contributed by atoms with Crippen LogP contribution in [0.1, 0.15) is 18.1 Å². The molecule has 68 valence electrons.